The van der Waals surface area contributed by atoms with Crippen LogP contribution in [-0.2, 0) is 0 Å². The lowest BCUT2D eigenvalue weighted by molar-refractivity contribution is -0.384. The summed E-state index contributed by atoms with van der Waals surface area (Å²) in [4.78, 5) is 13.0. The van der Waals surface area contributed by atoms with Crippen LogP contribution in [0.4, 0.5) is 15.8 Å². The number of anilines is 1. The summed E-state index contributed by atoms with van der Waals surface area (Å²) in [5.74, 6) is -0.454. The van der Waals surface area contributed by atoms with Gasteiger partial charge in [-0.1, -0.05) is 6.92 Å². The predicted octanol–water partition coefficient (Wildman–Crippen LogP) is 3.41. The van der Waals surface area contributed by atoms with Gasteiger partial charge in [-0.15, -0.1) is 0 Å². The number of nitro benzene ring substituents is 1. The second-order valence-corrected chi connectivity index (χ2v) is 5.53. The minimum Gasteiger partial charge on any atom is -0.377 e. The smallest absolute Gasteiger partial charge is 0.292 e. The molecule has 116 valence electrons. The molecule has 1 heterocycles. The van der Waals surface area contributed by atoms with E-state index >= 15 is 0 Å². The zero-order valence-corrected chi connectivity index (χ0v) is 12.3. The van der Waals surface area contributed by atoms with Gasteiger partial charge in [0.2, 0.25) is 0 Å². The summed E-state index contributed by atoms with van der Waals surface area (Å²) in [6.45, 7) is 5.30. The van der Waals surface area contributed by atoms with Crippen molar-refractivity contribution < 1.29 is 9.31 Å². The summed E-state index contributed by atoms with van der Waals surface area (Å²) in [6.07, 6.45) is 4.07. The largest absolute Gasteiger partial charge is 0.377 e. The summed E-state index contributed by atoms with van der Waals surface area (Å²) < 4.78 is 13.3. The highest BCUT2D eigenvalue weighted by molar-refractivity contribution is 5.61. The fraction of sp³-hybridized carbons (Fsp3) is 0.600. The lowest BCUT2D eigenvalue weighted by Gasteiger charge is -2.20. The Morgan fingerprint density at radius 3 is 2.95 bits per heavy atom. The molecule has 0 aromatic heterocycles. The summed E-state index contributed by atoms with van der Waals surface area (Å²) >= 11 is 0. The Balaban J connectivity index is 2.04. The van der Waals surface area contributed by atoms with E-state index in [1.165, 1.54) is 12.1 Å². The SMILES string of the molecule is CCCN1CCCC(Nc2cc(F)ccc2[N+](=O)[O-])CC1. The summed E-state index contributed by atoms with van der Waals surface area (Å²) in [7, 11) is 0. The molecule has 0 amide bonds. The van der Waals surface area contributed by atoms with Crippen LogP contribution in [0.3, 0.4) is 0 Å². The van der Waals surface area contributed by atoms with Gasteiger partial charge in [0.15, 0.2) is 0 Å². The molecule has 1 aromatic carbocycles. The van der Waals surface area contributed by atoms with E-state index in [4.69, 9.17) is 0 Å². The highest BCUT2D eigenvalue weighted by Gasteiger charge is 2.20. The van der Waals surface area contributed by atoms with Crippen molar-refractivity contribution in [2.45, 2.75) is 38.6 Å². The number of hydrogen-bond acceptors (Lipinski definition) is 4. The average Bonchev–Trinajstić information content (AvgIpc) is 2.65. The Morgan fingerprint density at radius 1 is 1.43 bits per heavy atom. The van der Waals surface area contributed by atoms with Crippen molar-refractivity contribution in [3.8, 4) is 0 Å². The molecule has 5 nitrogen and oxygen atoms in total. The van der Waals surface area contributed by atoms with Crippen LogP contribution >= 0.6 is 0 Å². The molecule has 1 aromatic rings. The highest BCUT2D eigenvalue weighted by atomic mass is 19.1. The molecule has 0 saturated carbocycles. The van der Waals surface area contributed by atoms with Crippen LogP contribution in [0.2, 0.25) is 0 Å². The van der Waals surface area contributed by atoms with E-state index in [2.05, 4.69) is 17.1 Å². The van der Waals surface area contributed by atoms with E-state index in [-0.39, 0.29) is 17.4 Å². The van der Waals surface area contributed by atoms with Crippen LogP contribution in [0.5, 0.6) is 0 Å². The molecular formula is C15H22FN3O2. The molecule has 6 heteroatoms. The van der Waals surface area contributed by atoms with Crippen LogP contribution in [0.15, 0.2) is 18.2 Å². The zero-order valence-electron chi connectivity index (χ0n) is 12.3. The van der Waals surface area contributed by atoms with E-state index in [0.29, 0.717) is 0 Å². The van der Waals surface area contributed by atoms with Gasteiger partial charge in [0, 0.05) is 24.7 Å². The molecule has 1 fully saturated rings. The van der Waals surface area contributed by atoms with Gasteiger partial charge >= 0.3 is 0 Å². The van der Waals surface area contributed by atoms with Crippen molar-refractivity contribution in [2.75, 3.05) is 25.0 Å². The lowest BCUT2D eigenvalue weighted by atomic mass is 10.1. The third-order valence-electron chi connectivity index (χ3n) is 3.88. The van der Waals surface area contributed by atoms with Crippen LogP contribution in [0.25, 0.3) is 0 Å². The standard InChI is InChI=1S/C15H22FN3O2/c1-2-8-18-9-3-4-13(7-10-18)17-14-11-12(16)5-6-15(14)19(20)21/h5-6,11,13,17H,2-4,7-10H2,1H3. The number of nitrogens with one attached hydrogen (secondary N) is 1. The number of benzene rings is 1. The molecule has 1 aliphatic rings. The van der Waals surface area contributed by atoms with Gasteiger partial charge in [-0.2, -0.15) is 0 Å². The first kappa shape index (κ1) is 15.7. The van der Waals surface area contributed by atoms with E-state index in [1.54, 1.807) is 0 Å². The second-order valence-electron chi connectivity index (χ2n) is 5.53. The third kappa shape index (κ3) is 4.39. The predicted molar refractivity (Wildman–Crippen MR) is 81.0 cm³/mol. The third-order valence-corrected chi connectivity index (χ3v) is 3.88. The number of halogens is 1. The van der Waals surface area contributed by atoms with Gasteiger partial charge in [-0.05, 0) is 44.8 Å². The van der Waals surface area contributed by atoms with Crippen molar-refractivity contribution in [1.29, 1.82) is 0 Å². The minimum atomic E-state index is -0.470. The number of nitrogens with zero attached hydrogens (tertiary/aromatic N) is 2. The van der Waals surface area contributed by atoms with Gasteiger partial charge in [0.05, 0.1) is 4.92 Å². The number of nitro groups is 1. The Kier molecular flexibility index (Phi) is 5.50. The first-order valence-electron chi connectivity index (χ1n) is 7.53. The molecule has 0 spiro atoms. The molecule has 21 heavy (non-hydrogen) atoms. The number of likely N-dealkylation sites (tertiary alicyclic amines) is 1. The molecule has 1 saturated heterocycles. The van der Waals surface area contributed by atoms with E-state index in [0.717, 1.165) is 51.4 Å². The molecule has 1 N–H and O–H groups in total. The molecule has 1 unspecified atom stereocenters. The zero-order chi connectivity index (χ0) is 15.2. The van der Waals surface area contributed by atoms with Crippen LogP contribution in [0.1, 0.15) is 32.6 Å². The Bertz CT molecular complexity index is 496. The molecule has 1 aliphatic heterocycles. The normalized spacial score (nSPS) is 20.0. The monoisotopic (exact) mass is 295 g/mol. The van der Waals surface area contributed by atoms with E-state index in [1.807, 2.05) is 0 Å². The Hall–Kier alpha value is -1.69. The Morgan fingerprint density at radius 2 is 2.24 bits per heavy atom. The quantitative estimate of drug-likeness (QED) is 0.668. The van der Waals surface area contributed by atoms with Crippen LogP contribution < -0.4 is 5.32 Å². The number of hydrogen-bond donors (Lipinski definition) is 1. The molecule has 0 bridgehead atoms. The molecule has 2 rings (SSSR count). The average molecular weight is 295 g/mol. The fourth-order valence-corrected chi connectivity index (χ4v) is 2.84. The topological polar surface area (TPSA) is 58.4 Å². The van der Waals surface area contributed by atoms with E-state index in [9.17, 15) is 14.5 Å². The first-order valence-corrected chi connectivity index (χ1v) is 7.53. The maximum Gasteiger partial charge on any atom is 0.292 e. The molecule has 0 aliphatic carbocycles. The first-order chi connectivity index (χ1) is 10.1. The molecular weight excluding hydrogens is 273 g/mol. The lowest BCUT2D eigenvalue weighted by Crippen LogP contribution is -2.27. The van der Waals surface area contributed by atoms with Crippen molar-refractivity contribution in [1.82, 2.24) is 4.90 Å². The van der Waals surface area contributed by atoms with Crippen LogP contribution in [0, 0.1) is 15.9 Å². The Labute approximate surface area is 124 Å². The van der Waals surface area contributed by atoms with Gasteiger partial charge in [0.1, 0.15) is 11.5 Å². The highest BCUT2D eigenvalue weighted by Crippen LogP contribution is 2.27. The summed E-state index contributed by atoms with van der Waals surface area (Å²) in [5.41, 5.74) is 0.222. The van der Waals surface area contributed by atoms with Crippen molar-refractivity contribution in [3.63, 3.8) is 0 Å². The maximum atomic E-state index is 13.3. The van der Waals surface area contributed by atoms with Gasteiger partial charge in [-0.3, -0.25) is 10.1 Å². The van der Waals surface area contributed by atoms with Crippen molar-refractivity contribution in [2.24, 2.45) is 0 Å². The fourth-order valence-electron chi connectivity index (χ4n) is 2.84. The number of rotatable bonds is 5. The van der Waals surface area contributed by atoms with Crippen molar-refractivity contribution in [3.05, 3.63) is 34.1 Å². The maximum absolute atomic E-state index is 13.3. The van der Waals surface area contributed by atoms with Gasteiger partial charge in [0.25, 0.3) is 5.69 Å². The molecule has 1 atom stereocenters. The van der Waals surface area contributed by atoms with E-state index < -0.39 is 10.7 Å². The van der Waals surface area contributed by atoms with Gasteiger partial charge in [-0.25, -0.2) is 4.39 Å². The summed E-state index contributed by atoms with van der Waals surface area (Å²) in [5, 5.41) is 14.2. The minimum absolute atomic E-state index is 0.0638. The van der Waals surface area contributed by atoms with Crippen molar-refractivity contribution >= 4 is 11.4 Å². The second kappa shape index (κ2) is 7.36. The summed E-state index contributed by atoms with van der Waals surface area (Å²) in [6, 6.07) is 3.72. The molecule has 0 radical (unpaired) electrons. The van der Waals surface area contributed by atoms with Gasteiger partial charge < -0.3 is 10.2 Å². The van der Waals surface area contributed by atoms with Crippen LogP contribution in [-0.4, -0.2) is 35.5 Å².